The quantitative estimate of drug-likeness (QED) is 0.452. The van der Waals surface area contributed by atoms with E-state index in [0.29, 0.717) is 27.9 Å². The van der Waals surface area contributed by atoms with Crippen LogP contribution in [0.1, 0.15) is 21.7 Å². The molecule has 0 aliphatic rings. The molecule has 1 aromatic heterocycles. The zero-order chi connectivity index (χ0) is 18.5. The van der Waals surface area contributed by atoms with Gasteiger partial charge in [-0.05, 0) is 23.8 Å². The van der Waals surface area contributed by atoms with Crippen LogP contribution in [-0.4, -0.2) is 33.4 Å². The molecule has 0 unspecified atom stereocenters. The van der Waals surface area contributed by atoms with Crippen LogP contribution < -0.4 is 4.74 Å². The molecule has 3 aromatic rings. The molecule has 0 saturated heterocycles. The fourth-order valence-corrected chi connectivity index (χ4v) is 3.54. The van der Waals surface area contributed by atoms with Gasteiger partial charge in [0.25, 0.3) is 0 Å². The van der Waals surface area contributed by atoms with Gasteiger partial charge < -0.3 is 9.30 Å². The van der Waals surface area contributed by atoms with Gasteiger partial charge in [0, 0.05) is 19.0 Å². The van der Waals surface area contributed by atoms with Gasteiger partial charge in [0.2, 0.25) is 0 Å². The Morgan fingerprint density at radius 1 is 1.19 bits per heavy atom. The van der Waals surface area contributed by atoms with Crippen LogP contribution >= 0.6 is 23.4 Å². The number of halogens is 1. The van der Waals surface area contributed by atoms with E-state index in [2.05, 4.69) is 22.3 Å². The summed E-state index contributed by atoms with van der Waals surface area (Å²) in [6.45, 7) is 0. The number of Topliss-reactive ketones (excluding diaryl/α,β-unsaturated/α-hetero) is 1. The second-order valence-corrected chi connectivity index (χ2v) is 7.03. The van der Waals surface area contributed by atoms with Crippen molar-refractivity contribution < 1.29 is 9.53 Å². The third-order valence-electron chi connectivity index (χ3n) is 3.94. The van der Waals surface area contributed by atoms with Gasteiger partial charge in [-0.15, -0.1) is 10.2 Å². The van der Waals surface area contributed by atoms with Gasteiger partial charge in [-0.2, -0.15) is 0 Å². The molecule has 0 atom stereocenters. The van der Waals surface area contributed by atoms with Crippen LogP contribution in [0.5, 0.6) is 5.75 Å². The number of ether oxygens (including phenoxy) is 1. The van der Waals surface area contributed by atoms with E-state index in [0.717, 1.165) is 5.82 Å². The zero-order valence-corrected chi connectivity index (χ0v) is 16.0. The highest BCUT2D eigenvalue weighted by Crippen LogP contribution is 2.26. The maximum Gasteiger partial charge on any atom is 0.191 e. The number of hydrogen-bond acceptors (Lipinski definition) is 5. The summed E-state index contributed by atoms with van der Waals surface area (Å²) < 4.78 is 7.03. The first-order valence-electron chi connectivity index (χ1n) is 8.00. The molecular weight excluding hydrogens is 370 g/mol. The van der Waals surface area contributed by atoms with Crippen LogP contribution in [0.2, 0.25) is 5.02 Å². The molecular formula is C19H18ClN3O2S. The lowest BCUT2D eigenvalue weighted by Crippen LogP contribution is -2.05. The largest absolute Gasteiger partial charge is 0.495 e. The standard InChI is InChI=1S/C19H18ClN3O2S/c1-23-18(10-13-6-4-3-5-7-13)21-22-19(23)26-12-16(24)14-8-9-17(25-2)15(20)11-14/h3-9,11H,10,12H2,1-2H3. The Hall–Kier alpha value is -2.31. The number of rotatable bonds is 7. The summed E-state index contributed by atoms with van der Waals surface area (Å²) >= 11 is 7.45. The SMILES string of the molecule is COc1ccc(C(=O)CSc2nnc(Cc3ccccc3)n2C)cc1Cl. The van der Waals surface area contributed by atoms with E-state index in [9.17, 15) is 4.79 Å². The molecule has 3 rings (SSSR count). The number of thioether (sulfide) groups is 1. The van der Waals surface area contributed by atoms with Crippen molar-refractivity contribution in [1.29, 1.82) is 0 Å². The number of ketones is 1. The van der Waals surface area contributed by atoms with Crippen LogP contribution in [0.15, 0.2) is 53.7 Å². The van der Waals surface area contributed by atoms with Gasteiger partial charge >= 0.3 is 0 Å². The molecule has 0 aliphatic carbocycles. The summed E-state index contributed by atoms with van der Waals surface area (Å²) in [7, 11) is 3.45. The number of nitrogens with zero attached hydrogens (tertiary/aromatic N) is 3. The summed E-state index contributed by atoms with van der Waals surface area (Å²) in [6.07, 6.45) is 0.701. The molecule has 0 spiro atoms. The van der Waals surface area contributed by atoms with Crippen molar-refractivity contribution in [2.45, 2.75) is 11.6 Å². The highest BCUT2D eigenvalue weighted by atomic mass is 35.5. The number of benzene rings is 2. The summed E-state index contributed by atoms with van der Waals surface area (Å²) in [5, 5.41) is 9.58. The van der Waals surface area contributed by atoms with Gasteiger partial charge in [0.15, 0.2) is 10.9 Å². The minimum atomic E-state index is -0.0211. The van der Waals surface area contributed by atoms with E-state index < -0.39 is 0 Å². The summed E-state index contributed by atoms with van der Waals surface area (Å²) in [4.78, 5) is 12.4. The predicted octanol–water partition coefficient (Wildman–Crippen LogP) is 4.04. The monoisotopic (exact) mass is 387 g/mol. The molecule has 0 N–H and O–H groups in total. The van der Waals surface area contributed by atoms with E-state index in [1.807, 2.05) is 29.8 Å². The number of carbonyl (C=O) groups excluding carboxylic acids is 1. The van der Waals surface area contributed by atoms with Crippen molar-refractivity contribution >= 4 is 29.1 Å². The highest BCUT2D eigenvalue weighted by molar-refractivity contribution is 7.99. The Morgan fingerprint density at radius 2 is 1.96 bits per heavy atom. The van der Waals surface area contributed by atoms with Crippen molar-refractivity contribution in [3.05, 3.63) is 70.5 Å². The molecule has 0 amide bonds. The predicted molar refractivity (Wildman–Crippen MR) is 103 cm³/mol. The summed E-state index contributed by atoms with van der Waals surface area (Å²) in [5.41, 5.74) is 1.72. The summed E-state index contributed by atoms with van der Waals surface area (Å²) in [6, 6.07) is 15.1. The van der Waals surface area contributed by atoms with E-state index in [4.69, 9.17) is 16.3 Å². The molecule has 0 bridgehead atoms. The van der Waals surface area contributed by atoms with E-state index >= 15 is 0 Å². The highest BCUT2D eigenvalue weighted by Gasteiger charge is 2.14. The van der Waals surface area contributed by atoms with Gasteiger partial charge in [-0.25, -0.2) is 0 Å². The normalized spacial score (nSPS) is 10.7. The Morgan fingerprint density at radius 3 is 2.65 bits per heavy atom. The average Bonchev–Trinajstić information content (AvgIpc) is 3.00. The van der Waals surface area contributed by atoms with Crippen molar-refractivity contribution in [2.75, 3.05) is 12.9 Å². The molecule has 5 nitrogen and oxygen atoms in total. The Labute approximate surface area is 161 Å². The third kappa shape index (κ3) is 4.26. The Bertz CT molecular complexity index is 912. The van der Waals surface area contributed by atoms with Crippen LogP contribution in [-0.2, 0) is 13.5 Å². The van der Waals surface area contributed by atoms with E-state index in [-0.39, 0.29) is 11.5 Å². The zero-order valence-electron chi connectivity index (χ0n) is 14.5. The Balaban J connectivity index is 1.64. The number of aromatic nitrogens is 3. The second kappa shape index (κ2) is 8.38. The van der Waals surface area contributed by atoms with Gasteiger partial charge in [-0.1, -0.05) is 53.7 Å². The van der Waals surface area contributed by atoms with Crippen molar-refractivity contribution in [1.82, 2.24) is 14.8 Å². The molecule has 0 aliphatic heterocycles. The van der Waals surface area contributed by atoms with Crippen LogP contribution in [0, 0.1) is 0 Å². The molecule has 26 heavy (non-hydrogen) atoms. The van der Waals surface area contributed by atoms with Crippen molar-refractivity contribution in [3.63, 3.8) is 0 Å². The number of carbonyl (C=O) groups is 1. The minimum Gasteiger partial charge on any atom is -0.495 e. The average molecular weight is 388 g/mol. The topological polar surface area (TPSA) is 57.0 Å². The lowest BCUT2D eigenvalue weighted by molar-refractivity contribution is 0.102. The molecule has 1 heterocycles. The minimum absolute atomic E-state index is 0.0211. The first-order valence-corrected chi connectivity index (χ1v) is 9.36. The Kier molecular flexibility index (Phi) is 5.96. The van der Waals surface area contributed by atoms with Crippen molar-refractivity contribution in [2.24, 2.45) is 7.05 Å². The maximum atomic E-state index is 12.4. The van der Waals surface area contributed by atoms with Crippen LogP contribution in [0.3, 0.4) is 0 Å². The van der Waals surface area contributed by atoms with Crippen molar-refractivity contribution in [3.8, 4) is 5.75 Å². The lowest BCUT2D eigenvalue weighted by Gasteiger charge is -2.06. The second-order valence-electron chi connectivity index (χ2n) is 5.68. The van der Waals surface area contributed by atoms with Gasteiger partial charge in [-0.3, -0.25) is 4.79 Å². The summed E-state index contributed by atoms with van der Waals surface area (Å²) in [5.74, 6) is 1.65. The smallest absolute Gasteiger partial charge is 0.191 e. The van der Waals surface area contributed by atoms with Gasteiger partial charge in [0.05, 0.1) is 17.9 Å². The lowest BCUT2D eigenvalue weighted by atomic mass is 10.1. The van der Waals surface area contributed by atoms with Crippen LogP contribution in [0.25, 0.3) is 0 Å². The first kappa shape index (κ1) is 18.5. The number of methoxy groups -OCH3 is 1. The maximum absolute atomic E-state index is 12.4. The van der Waals surface area contributed by atoms with Gasteiger partial charge in [0.1, 0.15) is 11.6 Å². The van der Waals surface area contributed by atoms with Crippen LogP contribution in [0.4, 0.5) is 0 Å². The van der Waals surface area contributed by atoms with E-state index in [1.165, 1.54) is 17.3 Å². The molecule has 7 heteroatoms. The molecule has 0 saturated carbocycles. The molecule has 134 valence electrons. The fraction of sp³-hybridized carbons (Fsp3) is 0.211. The first-order chi connectivity index (χ1) is 12.6. The van der Waals surface area contributed by atoms with E-state index in [1.54, 1.807) is 25.3 Å². The molecule has 0 fully saturated rings. The molecule has 0 radical (unpaired) electrons. The fourth-order valence-electron chi connectivity index (χ4n) is 2.46. The number of hydrogen-bond donors (Lipinski definition) is 0. The molecule has 2 aromatic carbocycles. The third-order valence-corrected chi connectivity index (χ3v) is 5.25.